The van der Waals surface area contributed by atoms with Crippen LogP contribution in [0.2, 0.25) is 5.02 Å². The van der Waals surface area contributed by atoms with Crippen LogP contribution >= 0.6 is 35.4 Å². The fourth-order valence-corrected chi connectivity index (χ4v) is 5.22. The number of anilines is 1. The molecule has 0 aliphatic carbocycles. The van der Waals surface area contributed by atoms with Crippen molar-refractivity contribution in [1.29, 1.82) is 0 Å². The molecule has 3 nitrogen and oxygen atoms in total. The van der Waals surface area contributed by atoms with Crippen LogP contribution in [-0.2, 0) is 5.54 Å². The van der Waals surface area contributed by atoms with E-state index in [1.54, 1.807) is 18.6 Å². The number of rotatable bonds is 2. The average Bonchev–Trinajstić information content (AvgIpc) is 2.94. The van der Waals surface area contributed by atoms with Crippen molar-refractivity contribution in [3.63, 3.8) is 0 Å². The number of aromatic nitrogens is 1. The van der Waals surface area contributed by atoms with Crippen molar-refractivity contribution < 1.29 is 4.74 Å². The summed E-state index contributed by atoms with van der Waals surface area (Å²) in [6.45, 7) is 6.46. The molecule has 1 aromatic heterocycles. The molecule has 2 heterocycles. The van der Waals surface area contributed by atoms with Crippen LogP contribution in [0.25, 0.3) is 16.8 Å². The summed E-state index contributed by atoms with van der Waals surface area (Å²) in [7, 11) is 1.66. The Balaban J connectivity index is 2.05. The third-order valence-corrected chi connectivity index (χ3v) is 6.82. The van der Waals surface area contributed by atoms with Gasteiger partial charge in [-0.25, -0.2) is 0 Å². The first-order chi connectivity index (χ1) is 12.3. The Morgan fingerprint density at radius 3 is 2.69 bits per heavy atom. The molecule has 0 saturated heterocycles. The highest BCUT2D eigenvalue weighted by Crippen LogP contribution is 2.48. The summed E-state index contributed by atoms with van der Waals surface area (Å²) in [5, 5.41) is 4.30. The van der Waals surface area contributed by atoms with Crippen LogP contribution in [0.4, 0.5) is 5.69 Å². The minimum absolute atomic E-state index is 0.215. The number of methoxy groups -OCH3 is 1. The second kappa shape index (κ2) is 6.12. The SMILES string of the molecule is COc1ccc(Cl)cc1-n1sc2c(c1=S)-c1cc(C)ccc1NC2(C)C. The van der Waals surface area contributed by atoms with E-state index in [2.05, 4.69) is 44.3 Å². The quantitative estimate of drug-likeness (QED) is 0.491. The maximum absolute atomic E-state index is 6.25. The number of hydrogen-bond acceptors (Lipinski definition) is 4. The van der Waals surface area contributed by atoms with Crippen molar-refractivity contribution in [3.05, 3.63) is 56.5 Å². The average molecular weight is 403 g/mol. The van der Waals surface area contributed by atoms with Crippen molar-refractivity contribution in [1.82, 2.24) is 3.96 Å². The Labute approximate surface area is 167 Å². The lowest BCUT2D eigenvalue weighted by atomic mass is 9.89. The fourth-order valence-electron chi connectivity index (χ4n) is 3.39. The molecule has 0 spiro atoms. The third-order valence-electron chi connectivity index (χ3n) is 4.63. The first-order valence-corrected chi connectivity index (χ1v) is 9.88. The molecule has 0 bridgehead atoms. The second-order valence-corrected chi connectivity index (χ2v) is 8.79. The molecule has 6 heteroatoms. The first kappa shape index (κ1) is 17.6. The smallest absolute Gasteiger partial charge is 0.143 e. The summed E-state index contributed by atoms with van der Waals surface area (Å²) >= 11 is 13.8. The van der Waals surface area contributed by atoms with E-state index in [-0.39, 0.29) is 5.54 Å². The van der Waals surface area contributed by atoms with E-state index in [9.17, 15) is 0 Å². The van der Waals surface area contributed by atoms with E-state index >= 15 is 0 Å². The first-order valence-electron chi connectivity index (χ1n) is 8.32. The maximum Gasteiger partial charge on any atom is 0.143 e. The van der Waals surface area contributed by atoms with Gasteiger partial charge in [-0.1, -0.05) is 47.0 Å². The van der Waals surface area contributed by atoms with Gasteiger partial charge in [-0.15, -0.1) is 0 Å². The molecule has 0 amide bonds. The van der Waals surface area contributed by atoms with Gasteiger partial charge in [0.1, 0.15) is 16.1 Å². The van der Waals surface area contributed by atoms with Gasteiger partial charge in [-0.05, 0) is 51.1 Å². The van der Waals surface area contributed by atoms with Crippen LogP contribution in [0.1, 0.15) is 24.3 Å². The number of nitrogens with zero attached hydrogens (tertiary/aromatic N) is 1. The lowest BCUT2D eigenvalue weighted by Gasteiger charge is -2.33. The summed E-state index contributed by atoms with van der Waals surface area (Å²) in [6, 6.07) is 12.0. The van der Waals surface area contributed by atoms with Crippen molar-refractivity contribution >= 4 is 41.0 Å². The van der Waals surface area contributed by atoms with Crippen LogP contribution in [0, 0.1) is 11.6 Å². The molecule has 1 N–H and O–H groups in total. The normalized spacial score (nSPS) is 14.3. The molecule has 0 atom stereocenters. The molecule has 2 aromatic carbocycles. The largest absolute Gasteiger partial charge is 0.495 e. The summed E-state index contributed by atoms with van der Waals surface area (Å²) in [5.74, 6) is 0.749. The van der Waals surface area contributed by atoms with Crippen LogP contribution in [0.3, 0.4) is 0 Å². The molecule has 134 valence electrons. The molecule has 0 unspecified atom stereocenters. The van der Waals surface area contributed by atoms with Gasteiger partial charge in [-0.3, -0.25) is 3.96 Å². The van der Waals surface area contributed by atoms with Crippen LogP contribution in [0.15, 0.2) is 36.4 Å². The van der Waals surface area contributed by atoms with Crippen LogP contribution in [0.5, 0.6) is 5.75 Å². The molecule has 0 fully saturated rings. The molecular weight excluding hydrogens is 384 g/mol. The van der Waals surface area contributed by atoms with Crippen LogP contribution in [-0.4, -0.2) is 11.1 Å². The summed E-state index contributed by atoms with van der Waals surface area (Å²) in [4.78, 5) is 1.21. The minimum Gasteiger partial charge on any atom is -0.495 e. The number of hydrogen-bond donors (Lipinski definition) is 1. The van der Waals surface area contributed by atoms with E-state index in [1.807, 2.05) is 22.2 Å². The van der Waals surface area contributed by atoms with E-state index in [0.29, 0.717) is 5.02 Å². The highest BCUT2D eigenvalue weighted by atomic mass is 35.5. The summed E-state index contributed by atoms with van der Waals surface area (Å²) in [5.41, 5.74) is 5.25. The van der Waals surface area contributed by atoms with Crippen molar-refractivity contribution in [3.8, 4) is 22.6 Å². The number of ether oxygens (including phenoxy) is 1. The Kier molecular flexibility index (Phi) is 4.14. The molecule has 26 heavy (non-hydrogen) atoms. The van der Waals surface area contributed by atoms with Gasteiger partial charge in [-0.2, -0.15) is 0 Å². The second-order valence-electron chi connectivity index (χ2n) is 7.01. The van der Waals surface area contributed by atoms with Crippen LogP contribution < -0.4 is 10.1 Å². The van der Waals surface area contributed by atoms with E-state index in [0.717, 1.165) is 32.9 Å². The molecule has 1 aliphatic heterocycles. The zero-order valence-corrected chi connectivity index (χ0v) is 17.4. The molecule has 0 radical (unpaired) electrons. The van der Waals surface area contributed by atoms with Crippen molar-refractivity contribution in [2.75, 3.05) is 12.4 Å². The van der Waals surface area contributed by atoms with Gasteiger partial charge >= 0.3 is 0 Å². The van der Waals surface area contributed by atoms with E-state index < -0.39 is 0 Å². The molecular formula is C20H19ClN2OS2. The van der Waals surface area contributed by atoms with Crippen molar-refractivity contribution in [2.45, 2.75) is 26.3 Å². The predicted molar refractivity (Wildman–Crippen MR) is 113 cm³/mol. The number of benzene rings is 2. The number of nitrogens with one attached hydrogen (secondary N) is 1. The highest BCUT2D eigenvalue weighted by molar-refractivity contribution is 7.71. The van der Waals surface area contributed by atoms with Gasteiger partial charge in [0.25, 0.3) is 0 Å². The minimum atomic E-state index is -0.215. The summed E-state index contributed by atoms with van der Waals surface area (Å²) in [6.07, 6.45) is 0. The third kappa shape index (κ3) is 2.66. The Morgan fingerprint density at radius 2 is 1.96 bits per heavy atom. The highest BCUT2D eigenvalue weighted by Gasteiger charge is 2.34. The number of halogens is 1. The van der Waals surface area contributed by atoms with Gasteiger partial charge in [0.15, 0.2) is 0 Å². The monoisotopic (exact) mass is 402 g/mol. The van der Waals surface area contributed by atoms with Gasteiger partial charge in [0.2, 0.25) is 0 Å². The number of aryl methyl sites for hydroxylation is 1. The Bertz CT molecular complexity index is 1080. The number of fused-ring (bicyclic) bond motifs is 3. The predicted octanol–water partition coefficient (Wildman–Crippen LogP) is 6.57. The zero-order chi connectivity index (χ0) is 18.6. The van der Waals surface area contributed by atoms with Gasteiger partial charge in [0, 0.05) is 21.8 Å². The van der Waals surface area contributed by atoms with Gasteiger partial charge < -0.3 is 10.1 Å². The Hall–Kier alpha value is -1.82. The standard InChI is InChI=1S/C20H19ClN2OS2/c1-11-5-7-14-13(9-11)17-18(20(2,3)22-14)26-23(19(17)25)15-10-12(21)6-8-16(15)24-4/h5-10,22H,1-4H3. The van der Waals surface area contributed by atoms with Crippen molar-refractivity contribution in [2.24, 2.45) is 0 Å². The van der Waals surface area contributed by atoms with E-state index in [1.165, 1.54) is 10.4 Å². The maximum atomic E-state index is 6.25. The molecule has 1 aliphatic rings. The van der Waals surface area contributed by atoms with E-state index in [4.69, 9.17) is 28.6 Å². The summed E-state index contributed by atoms with van der Waals surface area (Å²) < 4.78 is 8.38. The molecule has 4 rings (SSSR count). The lowest BCUT2D eigenvalue weighted by Crippen LogP contribution is -2.30. The topological polar surface area (TPSA) is 26.2 Å². The zero-order valence-electron chi connectivity index (χ0n) is 15.0. The molecule has 0 saturated carbocycles. The molecule has 3 aromatic rings. The lowest BCUT2D eigenvalue weighted by molar-refractivity contribution is 0.413. The Morgan fingerprint density at radius 1 is 1.19 bits per heavy atom. The van der Waals surface area contributed by atoms with Gasteiger partial charge in [0.05, 0.1) is 17.5 Å². The fraction of sp³-hybridized carbons (Fsp3) is 0.250.